The van der Waals surface area contributed by atoms with E-state index in [0.29, 0.717) is 5.69 Å². The Balaban J connectivity index is 2.07. The number of nitrogens with one attached hydrogen (secondary N) is 2. The number of hydrogen-bond acceptors (Lipinski definition) is 3. The number of carbonyl (C=O) groups is 2. The van der Waals surface area contributed by atoms with E-state index in [-0.39, 0.29) is 0 Å². The summed E-state index contributed by atoms with van der Waals surface area (Å²) in [5, 5.41) is 4.16. The Bertz CT molecular complexity index is 627. The maximum atomic E-state index is 13.3. The van der Waals surface area contributed by atoms with Crippen LogP contribution < -0.4 is 10.6 Å². The molecule has 0 saturated carbocycles. The summed E-state index contributed by atoms with van der Waals surface area (Å²) in [6.07, 6.45) is 2.88. The Morgan fingerprint density at radius 3 is 2.20 bits per heavy atom. The molecule has 1 aromatic carbocycles. The van der Waals surface area contributed by atoms with Gasteiger partial charge in [0, 0.05) is 18.1 Å². The molecule has 1 aromatic heterocycles. The van der Waals surface area contributed by atoms with Crippen molar-refractivity contribution in [3.05, 3.63) is 59.9 Å². The second kappa shape index (κ2) is 5.87. The molecule has 1 heterocycles. The molecule has 3 amide bonds. The zero-order valence-corrected chi connectivity index (χ0v) is 10.1. The van der Waals surface area contributed by atoms with Crippen LogP contribution >= 0.6 is 0 Å². The number of rotatable bonds is 2. The predicted molar refractivity (Wildman–Crippen MR) is 67.1 cm³/mol. The fraction of sp³-hybridized carbons (Fsp3) is 0. The van der Waals surface area contributed by atoms with Crippen molar-refractivity contribution < 1.29 is 18.4 Å². The number of nitrogens with zero attached hydrogens (tertiary/aromatic N) is 1. The summed E-state index contributed by atoms with van der Waals surface area (Å²) in [7, 11) is 0. The van der Waals surface area contributed by atoms with Crippen LogP contribution in [0.2, 0.25) is 0 Å². The molecule has 102 valence electrons. The van der Waals surface area contributed by atoms with E-state index in [1.165, 1.54) is 24.5 Å². The van der Waals surface area contributed by atoms with Gasteiger partial charge >= 0.3 is 6.03 Å². The van der Waals surface area contributed by atoms with Gasteiger partial charge in [0.15, 0.2) is 0 Å². The summed E-state index contributed by atoms with van der Waals surface area (Å²) >= 11 is 0. The number of pyridine rings is 1. The van der Waals surface area contributed by atoms with Crippen LogP contribution in [-0.4, -0.2) is 16.9 Å². The fourth-order valence-electron chi connectivity index (χ4n) is 1.48. The van der Waals surface area contributed by atoms with E-state index in [9.17, 15) is 18.4 Å². The normalized spacial score (nSPS) is 9.90. The summed E-state index contributed by atoms with van der Waals surface area (Å²) < 4.78 is 26.7. The van der Waals surface area contributed by atoms with Crippen LogP contribution in [0.5, 0.6) is 0 Å². The number of carbonyl (C=O) groups excluding carboxylic acids is 2. The Hall–Kier alpha value is -2.83. The van der Waals surface area contributed by atoms with Crippen LogP contribution in [-0.2, 0) is 0 Å². The van der Waals surface area contributed by atoms with E-state index in [1.807, 2.05) is 5.32 Å². The second-order valence-corrected chi connectivity index (χ2v) is 3.74. The molecule has 0 bridgehead atoms. The van der Waals surface area contributed by atoms with E-state index in [0.717, 1.165) is 18.2 Å². The first-order valence-electron chi connectivity index (χ1n) is 5.54. The lowest BCUT2D eigenvalue weighted by Crippen LogP contribution is -2.35. The molecule has 2 N–H and O–H groups in total. The number of halogens is 2. The van der Waals surface area contributed by atoms with Crippen LogP contribution in [0.4, 0.5) is 19.3 Å². The first-order chi connectivity index (χ1) is 9.58. The average Bonchev–Trinajstić information content (AvgIpc) is 2.39. The minimum Gasteiger partial charge on any atom is -0.308 e. The first-order valence-corrected chi connectivity index (χ1v) is 5.54. The van der Waals surface area contributed by atoms with Gasteiger partial charge < -0.3 is 5.32 Å². The monoisotopic (exact) mass is 277 g/mol. The number of hydrogen-bond donors (Lipinski definition) is 2. The minimum atomic E-state index is -1.16. The molecule has 0 spiro atoms. The van der Waals surface area contributed by atoms with Crippen molar-refractivity contribution in [2.75, 3.05) is 5.32 Å². The summed E-state index contributed by atoms with van der Waals surface area (Å²) in [6, 6.07) is 5.07. The first kappa shape index (κ1) is 13.6. The highest BCUT2D eigenvalue weighted by Gasteiger charge is 2.19. The van der Waals surface area contributed by atoms with Crippen LogP contribution in [0.1, 0.15) is 10.4 Å². The molecular formula is C13H9F2N3O2. The highest BCUT2D eigenvalue weighted by molar-refractivity contribution is 6.08. The quantitative estimate of drug-likeness (QED) is 0.885. The molecule has 0 aliphatic heterocycles. The average molecular weight is 277 g/mol. The molecule has 2 aromatic rings. The fourth-order valence-corrected chi connectivity index (χ4v) is 1.48. The molecule has 0 unspecified atom stereocenters. The number of anilines is 1. The summed E-state index contributed by atoms with van der Waals surface area (Å²) in [5.41, 5.74) is -0.420. The number of amides is 3. The summed E-state index contributed by atoms with van der Waals surface area (Å²) in [4.78, 5) is 26.9. The molecular weight excluding hydrogens is 268 g/mol. The van der Waals surface area contributed by atoms with Gasteiger partial charge in [-0.2, -0.15) is 0 Å². The minimum absolute atomic E-state index is 0.388. The predicted octanol–water partition coefficient (Wildman–Crippen LogP) is 2.32. The molecule has 5 nitrogen and oxygen atoms in total. The summed E-state index contributed by atoms with van der Waals surface area (Å²) in [5.74, 6) is -3.24. The van der Waals surface area contributed by atoms with Crippen molar-refractivity contribution in [1.82, 2.24) is 10.3 Å². The molecule has 0 saturated heterocycles. The second-order valence-electron chi connectivity index (χ2n) is 3.74. The molecule has 2 rings (SSSR count). The van der Waals surface area contributed by atoms with Crippen molar-refractivity contribution in [2.45, 2.75) is 0 Å². The largest absolute Gasteiger partial charge is 0.326 e. The van der Waals surface area contributed by atoms with Gasteiger partial charge in [-0.1, -0.05) is 6.07 Å². The van der Waals surface area contributed by atoms with Crippen molar-refractivity contribution >= 4 is 17.6 Å². The number of urea groups is 1. The Labute approximate surface area is 112 Å². The Morgan fingerprint density at radius 2 is 1.60 bits per heavy atom. The van der Waals surface area contributed by atoms with Crippen molar-refractivity contribution in [3.63, 3.8) is 0 Å². The number of imide groups is 1. The molecule has 7 heteroatoms. The lowest BCUT2D eigenvalue weighted by Gasteiger charge is -2.07. The summed E-state index contributed by atoms with van der Waals surface area (Å²) in [6.45, 7) is 0. The molecule has 0 radical (unpaired) electrons. The van der Waals surface area contributed by atoms with Crippen LogP contribution in [0, 0.1) is 11.6 Å². The van der Waals surface area contributed by atoms with E-state index in [1.54, 1.807) is 0 Å². The van der Waals surface area contributed by atoms with Gasteiger partial charge in [0.25, 0.3) is 5.91 Å². The van der Waals surface area contributed by atoms with Gasteiger partial charge in [0.1, 0.15) is 17.2 Å². The van der Waals surface area contributed by atoms with Gasteiger partial charge in [-0.25, -0.2) is 13.6 Å². The zero-order valence-electron chi connectivity index (χ0n) is 10.1. The zero-order chi connectivity index (χ0) is 14.5. The van der Waals surface area contributed by atoms with Crippen LogP contribution in [0.25, 0.3) is 0 Å². The SMILES string of the molecule is O=C(NC(=O)c1c(F)cccc1F)Nc1ccncc1. The standard InChI is InChI=1S/C13H9F2N3O2/c14-9-2-1-3-10(15)11(9)12(19)18-13(20)17-8-4-6-16-7-5-8/h1-7H,(H2,16,17,18,19,20). The molecule has 0 aliphatic carbocycles. The van der Waals surface area contributed by atoms with Crippen molar-refractivity contribution in [2.24, 2.45) is 0 Å². The van der Waals surface area contributed by atoms with Crippen LogP contribution in [0.15, 0.2) is 42.7 Å². The maximum absolute atomic E-state index is 13.3. The van der Waals surface area contributed by atoms with Gasteiger partial charge in [0.05, 0.1) is 0 Å². The van der Waals surface area contributed by atoms with E-state index in [2.05, 4.69) is 10.3 Å². The lowest BCUT2D eigenvalue weighted by molar-refractivity contribution is 0.0959. The van der Waals surface area contributed by atoms with Gasteiger partial charge in [-0.05, 0) is 24.3 Å². The van der Waals surface area contributed by atoms with E-state index >= 15 is 0 Å². The molecule has 0 aliphatic rings. The maximum Gasteiger partial charge on any atom is 0.326 e. The van der Waals surface area contributed by atoms with Crippen molar-refractivity contribution in [1.29, 1.82) is 0 Å². The third kappa shape index (κ3) is 3.14. The third-order valence-electron chi connectivity index (χ3n) is 2.36. The number of aromatic nitrogens is 1. The van der Waals surface area contributed by atoms with Crippen LogP contribution in [0.3, 0.4) is 0 Å². The van der Waals surface area contributed by atoms with Gasteiger partial charge in [0.2, 0.25) is 0 Å². The molecule has 0 fully saturated rings. The highest BCUT2D eigenvalue weighted by atomic mass is 19.1. The van der Waals surface area contributed by atoms with Crippen molar-refractivity contribution in [3.8, 4) is 0 Å². The van der Waals surface area contributed by atoms with E-state index < -0.39 is 29.1 Å². The topological polar surface area (TPSA) is 71.1 Å². The Kier molecular flexibility index (Phi) is 3.99. The lowest BCUT2D eigenvalue weighted by atomic mass is 10.2. The number of benzene rings is 1. The van der Waals surface area contributed by atoms with Gasteiger partial charge in [-0.3, -0.25) is 15.1 Å². The van der Waals surface area contributed by atoms with E-state index in [4.69, 9.17) is 0 Å². The van der Waals surface area contributed by atoms with Gasteiger partial charge in [-0.15, -0.1) is 0 Å². The molecule has 0 atom stereocenters. The molecule has 20 heavy (non-hydrogen) atoms. The third-order valence-corrected chi connectivity index (χ3v) is 2.36. The highest BCUT2D eigenvalue weighted by Crippen LogP contribution is 2.11. The Morgan fingerprint density at radius 1 is 1.00 bits per heavy atom. The smallest absolute Gasteiger partial charge is 0.308 e.